The van der Waals surface area contributed by atoms with Gasteiger partial charge in [0.05, 0.1) is 5.56 Å². The van der Waals surface area contributed by atoms with Crippen molar-refractivity contribution in [3.05, 3.63) is 35.4 Å². The van der Waals surface area contributed by atoms with Gasteiger partial charge in [-0.15, -0.1) is 0 Å². The highest BCUT2D eigenvalue weighted by Gasteiger charge is 2.07. The molecule has 6 heteroatoms. The zero-order valence-corrected chi connectivity index (χ0v) is 12.7. The van der Waals surface area contributed by atoms with E-state index in [0.717, 1.165) is 12.0 Å². The first-order valence-corrected chi connectivity index (χ1v) is 7.38. The SMILES string of the molecule is CCCNC(=O)CCC(=O)NCCc1cccc(C(=O)O)c1. The van der Waals surface area contributed by atoms with Gasteiger partial charge in [0.25, 0.3) is 0 Å². The molecule has 2 amide bonds. The van der Waals surface area contributed by atoms with Crippen LogP contribution in [0.3, 0.4) is 0 Å². The van der Waals surface area contributed by atoms with Crippen LogP contribution in [0.1, 0.15) is 42.1 Å². The molecule has 0 saturated heterocycles. The van der Waals surface area contributed by atoms with Gasteiger partial charge in [0.15, 0.2) is 0 Å². The molecular weight excluding hydrogens is 284 g/mol. The molecule has 0 bridgehead atoms. The van der Waals surface area contributed by atoms with Crippen molar-refractivity contribution < 1.29 is 19.5 Å². The molecule has 0 fully saturated rings. The van der Waals surface area contributed by atoms with Crippen molar-refractivity contribution in [3.63, 3.8) is 0 Å². The molecule has 0 aliphatic rings. The number of amides is 2. The number of carboxylic acid groups (broad SMARTS) is 1. The largest absolute Gasteiger partial charge is 0.478 e. The van der Waals surface area contributed by atoms with Gasteiger partial charge in [-0.05, 0) is 30.5 Å². The minimum atomic E-state index is -0.969. The molecule has 22 heavy (non-hydrogen) atoms. The van der Waals surface area contributed by atoms with Gasteiger partial charge in [0.1, 0.15) is 0 Å². The minimum Gasteiger partial charge on any atom is -0.478 e. The molecule has 0 atom stereocenters. The van der Waals surface area contributed by atoms with Crippen LogP contribution in [0.2, 0.25) is 0 Å². The summed E-state index contributed by atoms with van der Waals surface area (Å²) in [6, 6.07) is 6.61. The molecule has 0 spiro atoms. The molecule has 0 aromatic heterocycles. The first kappa shape index (κ1) is 17.7. The number of benzene rings is 1. The summed E-state index contributed by atoms with van der Waals surface area (Å²) in [5.41, 5.74) is 1.08. The summed E-state index contributed by atoms with van der Waals surface area (Å²) in [7, 11) is 0. The van der Waals surface area contributed by atoms with Gasteiger partial charge in [0, 0.05) is 25.9 Å². The summed E-state index contributed by atoms with van der Waals surface area (Å²) in [4.78, 5) is 33.8. The monoisotopic (exact) mass is 306 g/mol. The van der Waals surface area contributed by atoms with E-state index >= 15 is 0 Å². The lowest BCUT2D eigenvalue weighted by molar-refractivity contribution is -0.126. The van der Waals surface area contributed by atoms with Crippen molar-refractivity contribution in [2.75, 3.05) is 13.1 Å². The number of carbonyl (C=O) groups is 3. The van der Waals surface area contributed by atoms with E-state index in [4.69, 9.17) is 5.11 Å². The quantitative estimate of drug-likeness (QED) is 0.641. The van der Waals surface area contributed by atoms with Crippen LogP contribution in [-0.4, -0.2) is 36.0 Å². The van der Waals surface area contributed by atoms with Crippen molar-refractivity contribution >= 4 is 17.8 Å². The summed E-state index contributed by atoms with van der Waals surface area (Å²) in [5.74, 6) is -1.27. The lowest BCUT2D eigenvalue weighted by atomic mass is 10.1. The maximum Gasteiger partial charge on any atom is 0.335 e. The predicted octanol–water partition coefficient (Wildman–Crippen LogP) is 1.35. The molecule has 3 N–H and O–H groups in total. The highest BCUT2D eigenvalue weighted by atomic mass is 16.4. The Bertz CT molecular complexity index is 529. The van der Waals surface area contributed by atoms with Gasteiger partial charge in [0.2, 0.25) is 11.8 Å². The zero-order chi connectivity index (χ0) is 16.4. The third-order valence-electron chi connectivity index (χ3n) is 3.06. The van der Waals surface area contributed by atoms with Gasteiger partial charge in [-0.25, -0.2) is 4.79 Å². The van der Waals surface area contributed by atoms with Crippen molar-refractivity contribution in [1.82, 2.24) is 10.6 Å². The van der Waals surface area contributed by atoms with Crippen LogP contribution in [0.4, 0.5) is 0 Å². The lowest BCUT2D eigenvalue weighted by Crippen LogP contribution is -2.29. The summed E-state index contributed by atoms with van der Waals surface area (Å²) in [5, 5.41) is 14.3. The molecule has 0 unspecified atom stereocenters. The summed E-state index contributed by atoms with van der Waals surface area (Å²) < 4.78 is 0. The van der Waals surface area contributed by atoms with Crippen LogP contribution >= 0.6 is 0 Å². The molecule has 0 heterocycles. The highest BCUT2D eigenvalue weighted by Crippen LogP contribution is 2.05. The van der Waals surface area contributed by atoms with E-state index in [1.165, 1.54) is 6.07 Å². The zero-order valence-electron chi connectivity index (χ0n) is 12.7. The van der Waals surface area contributed by atoms with Crippen molar-refractivity contribution in [2.45, 2.75) is 32.6 Å². The highest BCUT2D eigenvalue weighted by molar-refractivity contribution is 5.87. The molecule has 0 radical (unpaired) electrons. The molecule has 1 aromatic carbocycles. The summed E-state index contributed by atoms with van der Waals surface area (Å²) >= 11 is 0. The van der Waals surface area contributed by atoms with E-state index < -0.39 is 5.97 Å². The normalized spacial score (nSPS) is 10.0. The fourth-order valence-electron chi connectivity index (χ4n) is 1.87. The van der Waals surface area contributed by atoms with Crippen LogP contribution in [0, 0.1) is 0 Å². The fourth-order valence-corrected chi connectivity index (χ4v) is 1.87. The average molecular weight is 306 g/mol. The molecule has 0 aliphatic heterocycles. The summed E-state index contributed by atoms with van der Waals surface area (Å²) in [6.45, 7) is 3.01. The third kappa shape index (κ3) is 6.88. The van der Waals surface area contributed by atoms with Gasteiger partial charge in [-0.3, -0.25) is 9.59 Å². The Morgan fingerprint density at radius 1 is 1.05 bits per heavy atom. The van der Waals surface area contributed by atoms with E-state index in [1.807, 2.05) is 13.0 Å². The van der Waals surface area contributed by atoms with E-state index in [0.29, 0.717) is 19.5 Å². The van der Waals surface area contributed by atoms with Crippen LogP contribution in [0.15, 0.2) is 24.3 Å². The van der Waals surface area contributed by atoms with Crippen LogP contribution in [0.25, 0.3) is 0 Å². The van der Waals surface area contributed by atoms with E-state index in [9.17, 15) is 14.4 Å². The molecule has 1 rings (SSSR count). The second-order valence-electron chi connectivity index (χ2n) is 4.96. The second kappa shape index (κ2) is 9.55. The summed E-state index contributed by atoms with van der Waals surface area (Å²) in [6.07, 6.45) is 1.76. The average Bonchev–Trinajstić information content (AvgIpc) is 2.51. The molecule has 1 aromatic rings. The van der Waals surface area contributed by atoms with Gasteiger partial charge >= 0.3 is 5.97 Å². The predicted molar refractivity (Wildman–Crippen MR) is 82.6 cm³/mol. The number of hydrogen-bond donors (Lipinski definition) is 3. The van der Waals surface area contributed by atoms with E-state index in [-0.39, 0.29) is 30.2 Å². The van der Waals surface area contributed by atoms with Crippen LogP contribution in [-0.2, 0) is 16.0 Å². The smallest absolute Gasteiger partial charge is 0.335 e. The Hall–Kier alpha value is -2.37. The van der Waals surface area contributed by atoms with Crippen molar-refractivity contribution in [2.24, 2.45) is 0 Å². The first-order valence-electron chi connectivity index (χ1n) is 7.38. The molecule has 0 aliphatic carbocycles. The molecule has 120 valence electrons. The van der Waals surface area contributed by atoms with Gasteiger partial charge in [-0.2, -0.15) is 0 Å². The number of aromatic carboxylic acids is 1. The standard InChI is InChI=1S/C16H22N2O4/c1-2-9-17-14(19)6-7-15(20)18-10-8-12-4-3-5-13(11-12)16(21)22/h3-5,11H,2,6-10H2,1H3,(H,17,19)(H,18,20)(H,21,22). The van der Waals surface area contributed by atoms with Crippen LogP contribution in [0.5, 0.6) is 0 Å². The number of hydrogen-bond acceptors (Lipinski definition) is 3. The molecule has 0 saturated carbocycles. The fraction of sp³-hybridized carbons (Fsp3) is 0.438. The third-order valence-corrected chi connectivity index (χ3v) is 3.06. The Balaban J connectivity index is 2.26. The first-order chi connectivity index (χ1) is 10.5. The topological polar surface area (TPSA) is 95.5 Å². The lowest BCUT2D eigenvalue weighted by Gasteiger charge is -2.06. The van der Waals surface area contributed by atoms with Crippen LogP contribution < -0.4 is 10.6 Å². The Kier molecular flexibility index (Phi) is 7.67. The molecular formula is C16H22N2O4. The number of nitrogens with one attached hydrogen (secondary N) is 2. The van der Waals surface area contributed by atoms with Gasteiger partial charge < -0.3 is 15.7 Å². The number of carboxylic acids is 1. The Morgan fingerprint density at radius 2 is 1.68 bits per heavy atom. The van der Waals surface area contributed by atoms with Crippen molar-refractivity contribution in [1.29, 1.82) is 0 Å². The van der Waals surface area contributed by atoms with E-state index in [2.05, 4.69) is 10.6 Å². The number of rotatable bonds is 9. The number of carbonyl (C=O) groups excluding carboxylic acids is 2. The van der Waals surface area contributed by atoms with Crippen molar-refractivity contribution in [3.8, 4) is 0 Å². The Labute approximate surface area is 129 Å². The minimum absolute atomic E-state index is 0.119. The van der Waals surface area contributed by atoms with E-state index in [1.54, 1.807) is 12.1 Å². The molecule has 6 nitrogen and oxygen atoms in total. The maximum absolute atomic E-state index is 11.6. The Morgan fingerprint density at radius 3 is 2.27 bits per heavy atom. The van der Waals surface area contributed by atoms with Gasteiger partial charge in [-0.1, -0.05) is 19.1 Å². The maximum atomic E-state index is 11.6. The second-order valence-corrected chi connectivity index (χ2v) is 4.96.